The summed E-state index contributed by atoms with van der Waals surface area (Å²) < 4.78 is 0.553. The van der Waals surface area contributed by atoms with E-state index in [4.69, 9.17) is 0 Å². The van der Waals surface area contributed by atoms with E-state index in [0.29, 0.717) is 15.9 Å². The zero-order valence-electron chi connectivity index (χ0n) is 8.61. The first-order valence-corrected chi connectivity index (χ1v) is 5.57. The number of aromatic amines is 1. The van der Waals surface area contributed by atoms with E-state index in [9.17, 15) is 9.59 Å². The monoisotopic (exact) mass is 293 g/mol. The van der Waals surface area contributed by atoms with Gasteiger partial charge < -0.3 is 10.3 Å². The van der Waals surface area contributed by atoms with Gasteiger partial charge in [0.15, 0.2) is 0 Å². The largest absolute Gasteiger partial charge is 0.328 e. The van der Waals surface area contributed by atoms with E-state index in [2.05, 4.69) is 31.2 Å². The summed E-state index contributed by atoms with van der Waals surface area (Å²) in [6.45, 7) is 0. The highest BCUT2D eigenvalue weighted by molar-refractivity contribution is 9.10. The van der Waals surface area contributed by atoms with Gasteiger partial charge in [-0.3, -0.25) is 9.59 Å². The lowest BCUT2D eigenvalue weighted by molar-refractivity contribution is 0.102. The van der Waals surface area contributed by atoms with Crippen molar-refractivity contribution in [1.82, 2.24) is 9.97 Å². The van der Waals surface area contributed by atoms with E-state index in [1.165, 1.54) is 18.3 Å². The molecule has 0 aliphatic rings. The average Bonchev–Trinajstić information content (AvgIpc) is 2.33. The van der Waals surface area contributed by atoms with Gasteiger partial charge in [0.25, 0.3) is 5.91 Å². The summed E-state index contributed by atoms with van der Waals surface area (Å²) >= 11 is 3.23. The minimum atomic E-state index is -0.310. The molecule has 2 heterocycles. The van der Waals surface area contributed by atoms with Crippen LogP contribution >= 0.6 is 15.9 Å². The van der Waals surface area contributed by atoms with Crippen molar-refractivity contribution in [2.24, 2.45) is 0 Å². The van der Waals surface area contributed by atoms with Crippen molar-refractivity contribution >= 4 is 27.5 Å². The van der Waals surface area contributed by atoms with Crippen LogP contribution in [0.15, 0.2) is 46.1 Å². The summed E-state index contributed by atoms with van der Waals surface area (Å²) in [6, 6.07) is 6.19. The second-order valence-electron chi connectivity index (χ2n) is 3.24. The third-order valence-electron chi connectivity index (χ3n) is 2.05. The van der Waals surface area contributed by atoms with Crippen LogP contribution in [0.25, 0.3) is 0 Å². The van der Waals surface area contributed by atoms with Gasteiger partial charge in [0.2, 0.25) is 5.56 Å². The van der Waals surface area contributed by atoms with Gasteiger partial charge in [-0.1, -0.05) is 0 Å². The molecule has 0 aliphatic heterocycles. The second kappa shape index (κ2) is 4.92. The highest BCUT2D eigenvalue weighted by Gasteiger charge is 2.08. The molecule has 17 heavy (non-hydrogen) atoms. The van der Waals surface area contributed by atoms with Crippen LogP contribution in [-0.2, 0) is 0 Å². The van der Waals surface area contributed by atoms with Crippen LogP contribution in [0.1, 0.15) is 10.4 Å². The zero-order valence-corrected chi connectivity index (χ0v) is 10.2. The number of amides is 1. The lowest BCUT2D eigenvalue weighted by Gasteiger charge is -2.05. The fourth-order valence-electron chi connectivity index (χ4n) is 1.23. The molecule has 2 N–H and O–H groups in total. The van der Waals surface area contributed by atoms with Gasteiger partial charge in [-0.25, -0.2) is 4.98 Å². The Morgan fingerprint density at radius 2 is 2.18 bits per heavy atom. The van der Waals surface area contributed by atoms with Gasteiger partial charge in [0, 0.05) is 18.5 Å². The van der Waals surface area contributed by atoms with E-state index >= 15 is 0 Å². The molecule has 1 amide bonds. The van der Waals surface area contributed by atoms with Crippen LogP contribution in [0.2, 0.25) is 0 Å². The van der Waals surface area contributed by atoms with Gasteiger partial charge >= 0.3 is 0 Å². The standard InChI is InChI=1S/C11H8BrN3O2/c12-10-8(2-1-5-13-10)15-11(17)7-3-4-9(16)14-6-7/h1-6H,(H,14,16)(H,15,17). The fraction of sp³-hybridized carbons (Fsp3) is 0. The summed E-state index contributed by atoms with van der Waals surface area (Å²) in [5.41, 5.74) is 0.702. The van der Waals surface area contributed by atoms with Crippen LogP contribution in [0.4, 0.5) is 5.69 Å². The van der Waals surface area contributed by atoms with E-state index in [1.54, 1.807) is 18.3 Å². The number of hydrogen-bond acceptors (Lipinski definition) is 3. The van der Waals surface area contributed by atoms with E-state index < -0.39 is 0 Å². The molecule has 0 saturated heterocycles. The van der Waals surface area contributed by atoms with Crippen molar-refractivity contribution in [1.29, 1.82) is 0 Å². The van der Waals surface area contributed by atoms with Crippen LogP contribution < -0.4 is 10.9 Å². The van der Waals surface area contributed by atoms with Gasteiger partial charge in [-0.15, -0.1) is 0 Å². The molecule has 6 heteroatoms. The minimum Gasteiger partial charge on any atom is -0.328 e. The molecule has 2 rings (SSSR count). The quantitative estimate of drug-likeness (QED) is 0.829. The molecule has 0 spiro atoms. The maximum Gasteiger partial charge on any atom is 0.257 e. The molecule has 0 atom stereocenters. The predicted octanol–water partition coefficient (Wildman–Crippen LogP) is 1.78. The first-order valence-electron chi connectivity index (χ1n) is 4.77. The highest BCUT2D eigenvalue weighted by Crippen LogP contribution is 2.18. The average molecular weight is 294 g/mol. The Morgan fingerprint density at radius 3 is 2.82 bits per heavy atom. The zero-order chi connectivity index (χ0) is 12.3. The Kier molecular flexibility index (Phi) is 3.34. The second-order valence-corrected chi connectivity index (χ2v) is 3.99. The summed E-state index contributed by atoms with van der Waals surface area (Å²) in [7, 11) is 0. The van der Waals surface area contributed by atoms with Crippen molar-refractivity contribution in [2.75, 3.05) is 5.32 Å². The third-order valence-corrected chi connectivity index (χ3v) is 2.69. The lowest BCUT2D eigenvalue weighted by Crippen LogP contribution is -2.14. The minimum absolute atomic E-state index is 0.246. The van der Waals surface area contributed by atoms with Crippen molar-refractivity contribution in [3.05, 3.63) is 57.2 Å². The molecule has 0 aliphatic carbocycles. The number of halogens is 1. The van der Waals surface area contributed by atoms with Gasteiger partial charge in [0.05, 0.1) is 11.3 Å². The number of nitrogens with one attached hydrogen (secondary N) is 2. The third kappa shape index (κ3) is 2.79. The summed E-state index contributed by atoms with van der Waals surface area (Å²) in [6.07, 6.45) is 2.97. The predicted molar refractivity (Wildman–Crippen MR) is 67.0 cm³/mol. The molecule has 0 fully saturated rings. The number of pyridine rings is 2. The van der Waals surface area contributed by atoms with Crippen molar-refractivity contribution in [3.8, 4) is 0 Å². The number of nitrogens with zero attached hydrogens (tertiary/aromatic N) is 1. The molecule has 0 radical (unpaired) electrons. The number of H-pyrrole nitrogens is 1. The lowest BCUT2D eigenvalue weighted by atomic mass is 10.2. The molecular weight excluding hydrogens is 286 g/mol. The Hall–Kier alpha value is -1.95. The highest BCUT2D eigenvalue weighted by atomic mass is 79.9. The molecule has 86 valence electrons. The molecule has 5 nitrogen and oxygen atoms in total. The Balaban J connectivity index is 2.20. The molecule has 2 aromatic rings. The number of carbonyl (C=O) groups is 1. The molecule has 0 bridgehead atoms. The van der Waals surface area contributed by atoms with Gasteiger partial charge in [-0.2, -0.15) is 0 Å². The van der Waals surface area contributed by atoms with Gasteiger partial charge in [-0.05, 0) is 34.1 Å². The van der Waals surface area contributed by atoms with Crippen LogP contribution in [0.5, 0.6) is 0 Å². The van der Waals surface area contributed by atoms with E-state index in [0.717, 1.165) is 0 Å². The Labute approximate surface area is 105 Å². The summed E-state index contributed by atoms with van der Waals surface area (Å²) in [4.78, 5) is 29.1. The Bertz CT molecular complexity index is 589. The Morgan fingerprint density at radius 1 is 1.35 bits per heavy atom. The number of aromatic nitrogens is 2. The maximum atomic E-state index is 11.8. The first-order chi connectivity index (χ1) is 8.16. The number of carbonyl (C=O) groups excluding carboxylic acids is 1. The first kappa shape index (κ1) is 11.5. The van der Waals surface area contributed by atoms with Crippen molar-refractivity contribution in [2.45, 2.75) is 0 Å². The molecule has 0 unspecified atom stereocenters. The van der Waals surface area contributed by atoms with Gasteiger partial charge in [0.1, 0.15) is 4.60 Å². The number of anilines is 1. The van der Waals surface area contributed by atoms with Crippen LogP contribution in [0, 0.1) is 0 Å². The van der Waals surface area contributed by atoms with Crippen molar-refractivity contribution in [3.63, 3.8) is 0 Å². The SMILES string of the molecule is O=C(Nc1cccnc1Br)c1ccc(=O)[nH]c1. The van der Waals surface area contributed by atoms with Crippen molar-refractivity contribution < 1.29 is 4.79 Å². The molecule has 2 aromatic heterocycles. The number of rotatable bonds is 2. The maximum absolute atomic E-state index is 11.8. The topological polar surface area (TPSA) is 74.8 Å². The summed E-state index contributed by atoms with van der Waals surface area (Å²) in [5.74, 6) is -0.310. The van der Waals surface area contributed by atoms with E-state index in [-0.39, 0.29) is 11.5 Å². The fourth-order valence-corrected chi connectivity index (χ4v) is 1.58. The smallest absolute Gasteiger partial charge is 0.257 e. The van der Waals surface area contributed by atoms with Crippen LogP contribution in [0.3, 0.4) is 0 Å². The summed E-state index contributed by atoms with van der Waals surface area (Å²) in [5, 5.41) is 2.68. The molecule has 0 aromatic carbocycles. The van der Waals surface area contributed by atoms with E-state index in [1.807, 2.05) is 0 Å². The molecular formula is C11H8BrN3O2. The van der Waals surface area contributed by atoms with Crippen LogP contribution in [-0.4, -0.2) is 15.9 Å². The molecule has 0 saturated carbocycles. The normalized spacial score (nSPS) is 9.94. The number of hydrogen-bond donors (Lipinski definition) is 2.